The van der Waals surface area contributed by atoms with E-state index in [2.05, 4.69) is 11.1 Å². The Labute approximate surface area is 168 Å². The summed E-state index contributed by atoms with van der Waals surface area (Å²) in [7, 11) is 0. The number of aromatic nitrogens is 1. The topological polar surface area (TPSA) is 33.2 Å². The van der Waals surface area contributed by atoms with Crippen LogP contribution < -0.4 is 0 Å². The van der Waals surface area contributed by atoms with E-state index in [1.807, 2.05) is 16.3 Å². The molecule has 1 unspecified atom stereocenters. The van der Waals surface area contributed by atoms with Crippen LogP contribution in [0.3, 0.4) is 0 Å². The molecule has 1 aliphatic rings. The summed E-state index contributed by atoms with van der Waals surface area (Å²) in [5.74, 6) is 0.0418. The van der Waals surface area contributed by atoms with Gasteiger partial charge < -0.3 is 4.90 Å². The van der Waals surface area contributed by atoms with Crippen molar-refractivity contribution in [3.63, 3.8) is 0 Å². The number of thiazole rings is 1. The van der Waals surface area contributed by atoms with Crippen molar-refractivity contribution < 1.29 is 18.0 Å². The maximum atomic E-state index is 12.8. The smallest absolute Gasteiger partial charge is 0.335 e. The van der Waals surface area contributed by atoms with Gasteiger partial charge >= 0.3 is 6.18 Å². The first-order chi connectivity index (χ1) is 13.4. The van der Waals surface area contributed by atoms with Crippen molar-refractivity contribution >= 4 is 28.6 Å². The summed E-state index contributed by atoms with van der Waals surface area (Å²) in [6, 6.07) is 9.14. The van der Waals surface area contributed by atoms with E-state index in [4.69, 9.17) is 0 Å². The number of amides is 1. The third-order valence-corrected chi connectivity index (χ3v) is 6.70. The van der Waals surface area contributed by atoms with Crippen molar-refractivity contribution in [3.05, 3.63) is 63.3 Å². The van der Waals surface area contributed by atoms with Gasteiger partial charge in [0.25, 0.3) is 0 Å². The molecule has 0 bridgehead atoms. The van der Waals surface area contributed by atoms with Crippen LogP contribution in [-0.4, -0.2) is 22.3 Å². The monoisotopic (exact) mass is 422 g/mol. The van der Waals surface area contributed by atoms with E-state index < -0.39 is 11.7 Å². The van der Waals surface area contributed by atoms with E-state index in [1.165, 1.54) is 28.3 Å². The Morgan fingerprint density at radius 2 is 1.96 bits per heavy atom. The highest BCUT2D eigenvalue weighted by atomic mass is 32.1. The average Bonchev–Trinajstić information content (AvgIpc) is 3.41. The van der Waals surface area contributed by atoms with E-state index in [0.29, 0.717) is 16.3 Å². The minimum absolute atomic E-state index is 0.0418. The molecule has 1 aliphatic heterocycles. The van der Waals surface area contributed by atoms with Gasteiger partial charge in [0.1, 0.15) is 5.01 Å². The van der Waals surface area contributed by atoms with Crippen LogP contribution in [-0.2, 0) is 17.4 Å². The first-order valence-electron chi connectivity index (χ1n) is 8.87. The number of benzene rings is 1. The molecular weight excluding hydrogens is 405 g/mol. The number of hydrogen-bond donors (Lipinski definition) is 0. The van der Waals surface area contributed by atoms with Crippen molar-refractivity contribution in [2.75, 3.05) is 6.54 Å². The predicted octanol–water partition coefficient (Wildman–Crippen LogP) is 5.80. The summed E-state index contributed by atoms with van der Waals surface area (Å²) in [4.78, 5) is 20.4. The second-order valence-corrected chi connectivity index (χ2v) is 8.49. The SMILES string of the molecule is O=C(Cc1csc(-c2ccc(C(F)(F)F)cc2)n1)N1CCCC1c1cccs1. The Bertz CT molecular complexity index is 949. The zero-order valence-corrected chi connectivity index (χ0v) is 16.4. The number of alkyl halides is 3. The van der Waals surface area contributed by atoms with Gasteiger partial charge in [0.15, 0.2) is 0 Å². The standard InChI is InChI=1S/C20H17F3N2OS2/c21-20(22,23)14-7-5-13(6-8-14)19-24-15(12-28-19)11-18(26)25-9-1-3-16(25)17-4-2-10-27-17/h2,4-8,10,12,16H,1,3,9,11H2. The van der Waals surface area contributed by atoms with E-state index >= 15 is 0 Å². The molecule has 1 saturated heterocycles. The molecule has 4 rings (SSSR count). The van der Waals surface area contributed by atoms with E-state index in [9.17, 15) is 18.0 Å². The Morgan fingerprint density at radius 1 is 1.18 bits per heavy atom. The van der Waals surface area contributed by atoms with E-state index in [0.717, 1.165) is 31.5 Å². The van der Waals surface area contributed by atoms with Crippen molar-refractivity contribution in [2.45, 2.75) is 31.5 Å². The number of thiophene rings is 1. The molecule has 146 valence electrons. The Morgan fingerprint density at radius 3 is 2.64 bits per heavy atom. The average molecular weight is 422 g/mol. The first kappa shape index (κ1) is 19.1. The van der Waals surface area contributed by atoms with Crippen LogP contribution in [0.25, 0.3) is 10.6 Å². The summed E-state index contributed by atoms with van der Waals surface area (Å²) >= 11 is 3.00. The minimum atomic E-state index is -4.35. The lowest BCUT2D eigenvalue weighted by molar-refractivity contribution is -0.137. The maximum Gasteiger partial charge on any atom is 0.416 e. The lowest BCUT2D eigenvalue weighted by atomic mass is 10.1. The summed E-state index contributed by atoms with van der Waals surface area (Å²) in [5.41, 5.74) is 0.591. The van der Waals surface area contributed by atoms with Gasteiger partial charge in [-0.25, -0.2) is 4.98 Å². The number of carbonyl (C=O) groups excluding carboxylic acids is 1. The van der Waals surface area contributed by atoms with Crippen LogP contribution in [0, 0.1) is 0 Å². The van der Waals surface area contributed by atoms with Crippen LogP contribution >= 0.6 is 22.7 Å². The molecule has 1 aromatic carbocycles. The third-order valence-electron chi connectivity index (χ3n) is 4.79. The molecule has 1 fully saturated rings. The van der Waals surface area contributed by atoms with Gasteiger partial charge in [0, 0.05) is 22.4 Å². The summed E-state index contributed by atoms with van der Waals surface area (Å²) in [6.07, 6.45) is -2.19. The highest BCUT2D eigenvalue weighted by Crippen LogP contribution is 2.35. The number of hydrogen-bond acceptors (Lipinski definition) is 4. The first-order valence-corrected chi connectivity index (χ1v) is 10.6. The lowest BCUT2D eigenvalue weighted by Crippen LogP contribution is -2.31. The lowest BCUT2D eigenvalue weighted by Gasteiger charge is -2.23. The molecule has 3 nitrogen and oxygen atoms in total. The van der Waals surface area contributed by atoms with E-state index in [1.54, 1.807) is 16.7 Å². The van der Waals surface area contributed by atoms with Crippen LogP contribution in [0.4, 0.5) is 13.2 Å². The summed E-state index contributed by atoms with van der Waals surface area (Å²) < 4.78 is 38.1. The van der Waals surface area contributed by atoms with Crippen LogP contribution in [0.5, 0.6) is 0 Å². The molecule has 2 aromatic heterocycles. The molecule has 28 heavy (non-hydrogen) atoms. The zero-order chi connectivity index (χ0) is 19.7. The van der Waals surface area contributed by atoms with Crippen molar-refractivity contribution in [1.82, 2.24) is 9.88 Å². The molecule has 0 spiro atoms. The van der Waals surface area contributed by atoms with Gasteiger partial charge in [0.05, 0.1) is 23.7 Å². The summed E-state index contributed by atoms with van der Waals surface area (Å²) in [6.45, 7) is 0.747. The second kappa shape index (κ2) is 7.67. The second-order valence-electron chi connectivity index (χ2n) is 6.66. The molecule has 1 atom stereocenters. The number of rotatable bonds is 4. The largest absolute Gasteiger partial charge is 0.416 e. The van der Waals surface area contributed by atoms with Gasteiger partial charge in [0.2, 0.25) is 5.91 Å². The fourth-order valence-corrected chi connectivity index (χ4v) is 5.12. The molecule has 3 aromatic rings. The minimum Gasteiger partial charge on any atom is -0.335 e. The third kappa shape index (κ3) is 3.98. The predicted molar refractivity (Wildman–Crippen MR) is 104 cm³/mol. The van der Waals surface area contributed by atoms with Crippen LogP contribution in [0.2, 0.25) is 0 Å². The molecule has 3 heterocycles. The quantitative estimate of drug-likeness (QED) is 0.533. The Hall–Kier alpha value is -2.19. The molecule has 0 aliphatic carbocycles. The molecule has 8 heteroatoms. The Balaban J connectivity index is 1.45. The van der Waals surface area contributed by atoms with Gasteiger partial charge in [-0.15, -0.1) is 22.7 Å². The normalized spacial score (nSPS) is 17.2. The van der Waals surface area contributed by atoms with Crippen LogP contribution in [0.1, 0.15) is 35.0 Å². The highest BCUT2D eigenvalue weighted by Gasteiger charge is 2.31. The highest BCUT2D eigenvalue weighted by molar-refractivity contribution is 7.13. The fourth-order valence-electron chi connectivity index (χ4n) is 3.42. The van der Waals surface area contributed by atoms with E-state index in [-0.39, 0.29) is 18.4 Å². The zero-order valence-electron chi connectivity index (χ0n) is 14.8. The van der Waals surface area contributed by atoms with Gasteiger partial charge in [-0.05, 0) is 36.4 Å². The number of likely N-dealkylation sites (tertiary alicyclic amines) is 1. The molecular formula is C20H17F3N2OS2. The molecule has 0 radical (unpaired) electrons. The van der Waals surface area contributed by atoms with Crippen molar-refractivity contribution in [2.24, 2.45) is 0 Å². The Kier molecular flexibility index (Phi) is 5.25. The molecule has 0 saturated carbocycles. The number of carbonyl (C=O) groups is 1. The van der Waals surface area contributed by atoms with Gasteiger partial charge in [-0.2, -0.15) is 13.2 Å². The van der Waals surface area contributed by atoms with Gasteiger partial charge in [-0.1, -0.05) is 18.2 Å². The number of nitrogens with zero attached hydrogens (tertiary/aromatic N) is 2. The molecule has 0 N–H and O–H groups in total. The van der Waals surface area contributed by atoms with Crippen molar-refractivity contribution in [3.8, 4) is 10.6 Å². The molecule has 1 amide bonds. The van der Waals surface area contributed by atoms with Crippen LogP contribution in [0.15, 0.2) is 47.2 Å². The maximum absolute atomic E-state index is 12.8. The van der Waals surface area contributed by atoms with Crippen molar-refractivity contribution in [1.29, 1.82) is 0 Å². The van der Waals surface area contributed by atoms with Gasteiger partial charge in [-0.3, -0.25) is 4.79 Å². The summed E-state index contributed by atoms with van der Waals surface area (Å²) in [5, 5.41) is 4.45. The fraction of sp³-hybridized carbons (Fsp3) is 0.300. The number of halogens is 3.